The molecule has 0 N–H and O–H groups in total. The SMILES string of the molecule is CCOC(=O)c1cnc2ccc(F)cc2c1N1CCCC(CN2CCOCC2)C1. The van der Waals surface area contributed by atoms with Crippen molar-refractivity contribution in [1.29, 1.82) is 0 Å². The van der Waals surface area contributed by atoms with Gasteiger partial charge in [-0.3, -0.25) is 9.88 Å². The van der Waals surface area contributed by atoms with Gasteiger partial charge in [0.15, 0.2) is 0 Å². The minimum absolute atomic E-state index is 0.291. The largest absolute Gasteiger partial charge is 0.462 e. The monoisotopic (exact) mass is 401 g/mol. The highest BCUT2D eigenvalue weighted by molar-refractivity contribution is 6.05. The van der Waals surface area contributed by atoms with Gasteiger partial charge in [0.25, 0.3) is 0 Å². The van der Waals surface area contributed by atoms with Gasteiger partial charge in [-0.05, 0) is 43.9 Å². The fraction of sp³-hybridized carbons (Fsp3) is 0.545. The zero-order chi connectivity index (χ0) is 20.2. The summed E-state index contributed by atoms with van der Waals surface area (Å²) in [5.74, 6) is -0.242. The molecule has 1 unspecified atom stereocenters. The maximum atomic E-state index is 14.1. The summed E-state index contributed by atoms with van der Waals surface area (Å²) in [6, 6.07) is 4.55. The summed E-state index contributed by atoms with van der Waals surface area (Å²) in [4.78, 5) is 21.7. The zero-order valence-corrected chi connectivity index (χ0v) is 16.9. The van der Waals surface area contributed by atoms with Crippen LogP contribution in [0.1, 0.15) is 30.1 Å². The van der Waals surface area contributed by atoms with Crippen LogP contribution in [0.25, 0.3) is 10.9 Å². The summed E-state index contributed by atoms with van der Waals surface area (Å²) < 4.78 is 24.8. The Hall–Kier alpha value is -2.25. The topological polar surface area (TPSA) is 54.9 Å². The predicted molar refractivity (Wildman–Crippen MR) is 110 cm³/mol. The Morgan fingerprint density at radius 1 is 1.31 bits per heavy atom. The Bertz CT molecular complexity index is 870. The molecule has 0 saturated carbocycles. The second kappa shape index (κ2) is 9.05. The normalized spacial score (nSPS) is 20.8. The second-order valence-corrected chi connectivity index (χ2v) is 7.77. The number of nitrogens with zero attached hydrogens (tertiary/aromatic N) is 3. The lowest BCUT2D eigenvalue weighted by Crippen LogP contribution is -2.45. The molecule has 1 aromatic heterocycles. The number of halogens is 1. The Morgan fingerprint density at radius 2 is 2.14 bits per heavy atom. The van der Waals surface area contributed by atoms with Crippen molar-refractivity contribution in [2.45, 2.75) is 19.8 Å². The number of fused-ring (bicyclic) bond motifs is 1. The van der Waals surface area contributed by atoms with Crippen molar-refractivity contribution in [3.8, 4) is 0 Å². The second-order valence-electron chi connectivity index (χ2n) is 7.77. The van der Waals surface area contributed by atoms with Gasteiger partial charge in [-0.15, -0.1) is 0 Å². The highest BCUT2D eigenvalue weighted by atomic mass is 19.1. The van der Waals surface area contributed by atoms with Crippen LogP contribution in [0.3, 0.4) is 0 Å². The van der Waals surface area contributed by atoms with Gasteiger partial charge in [-0.2, -0.15) is 0 Å². The van der Waals surface area contributed by atoms with Crippen molar-refractivity contribution in [1.82, 2.24) is 9.88 Å². The van der Waals surface area contributed by atoms with Crippen LogP contribution in [-0.2, 0) is 9.47 Å². The highest BCUT2D eigenvalue weighted by Gasteiger charge is 2.28. The molecular formula is C22H28FN3O3. The lowest BCUT2D eigenvalue weighted by molar-refractivity contribution is 0.0296. The quantitative estimate of drug-likeness (QED) is 0.718. The number of esters is 1. The molecule has 6 nitrogen and oxygen atoms in total. The number of carbonyl (C=O) groups is 1. The molecule has 29 heavy (non-hydrogen) atoms. The number of morpholine rings is 1. The number of pyridine rings is 1. The Balaban J connectivity index is 1.65. The average Bonchev–Trinajstić information content (AvgIpc) is 2.74. The van der Waals surface area contributed by atoms with Gasteiger partial charge in [0.05, 0.1) is 31.0 Å². The molecule has 2 aliphatic heterocycles. The number of carbonyl (C=O) groups excluding carboxylic acids is 1. The van der Waals surface area contributed by atoms with Crippen molar-refractivity contribution >= 4 is 22.6 Å². The minimum Gasteiger partial charge on any atom is -0.462 e. The third-order valence-corrected chi connectivity index (χ3v) is 5.75. The fourth-order valence-electron chi connectivity index (χ4n) is 4.42. The third-order valence-electron chi connectivity index (χ3n) is 5.75. The molecule has 0 amide bonds. The van der Waals surface area contributed by atoms with E-state index in [0.29, 0.717) is 29.0 Å². The maximum absolute atomic E-state index is 14.1. The molecule has 1 atom stereocenters. The van der Waals surface area contributed by atoms with Crippen LogP contribution in [-0.4, -0.2) is 68.4 Å². The predicted octanol–water partition coefficient (Wildman–Crippen LogP) is 3.10. The molecule has 2 fully saturated rings. The Kier molecular flexibility index (Phi) is 6.25. The van der Waals surface area contributed by atoms with E-state index in [1.165, 1.54) is 12.1 Å². The third kappa shape index (κ3) is 4.51. The smallest absolute Gasteiger partial charge is 0.341 e. The van der Waals surface area contributed by atoms with Crippen LogP contribution >= 0.6 is 0 Å². The first-order chi connectivity index (χ1) is 14.2. The van der Waals surface area contributed by atoms with E-state index in [1.807, 2.05) is 0 Å². The lowest BCUT2D eigenvalue weighted by atomic mass is 9.95. The molecule has 0 radical (unpaired) electrons. The summed E-state index contributed by atoms with van der Waals surface area (Å²) in [7, 11) is 0. The summed E-state index contributed by atoms with van der Waals surface area (Å²) in [5.41, 5.74) is 1.85. The standard InChI is InChI=1S/C22H28FN3O3/c1-2-29-22(27)19-13-24-20-6-5-17(23)12-18(20)21(19)26-7-3-4-16(15-26)14-25-8-10-28-11-9-25/h5-6,12-13,16H,2-4,7-11,14-15H2,1H3. The van der Waals surface area contributed by atoms with E-state index < -0.39 is 5.97 Å². The highest BCUT2D eigenvalue weighted by Crippen LogP contribution is 2.34. The summed E-state index contributed by atoms with van der Waals surface area (Å²) in [6.07, 6.45) is 3.76. The molecule has 0 spiro atoms. The van der Waals surface area contributed by atoms with Crippen LogP contribution in [0, 0.1) is 11.7 Å². The Labute approximate surface area is 170 Å². The van der Waals surface area contributed by atoms with E-state index in [0.717, 1.165) is 64.5 Å². The summed E-state index contributed by atoms with van der Waals surface area (Å²) >= 11 is 0. The number of piperidine rings is 1. The molecule has 2 aliphatic rings. The van der Waals surface area contributed by atoms with Gasteiger partial charge in [-0.1, -0.05) is 0 Å². The van der Waals surface area contributed by atoms with Crippen LogP contribution < -0.4 is 4.90 Å². The van der Waals surface area contributed by atoms with Gasteiger partial charge >= 0.3 is 5.97 Å². The number of ether oxygens (including phenoxy) is 2. The first-order valence-electron chi connectivity index (χ1n) is 10.5. The number of hydrogen-bond donors (Lipinski definition) is 0. The number of rotatable bonds is 5. The van der Waals surface area contributed by atoms with Gasteiger partial charge in [0.1, 0.15) is 11.4 Å². The molecule has 2 aromatic rings. The maximum Gasteiger partial charge on any atom is 0.341 e. The van der Waals surface area contributed by atoms with Crippen LogP contribution in [0.5, 0.6) is 0 Å². The van der Waals surface area contributed by atoms with E-state index in [9.17, 15) is 9.18 Å². The van der Waals surface area contributed by atoms with Gasteiger partial charge in [-0.25, -0.2) is 9.18 Å². The lowest BCUT2D eigenvalue weighted by Gasteiger charge is -2.38. The molecule has 4 rings (SSSR count). The Morgan fingerprint density at radius 3 is 2.93 bits per heavy atom. The minimum atomic E-state index is -0.406. The van der Waals surface area contributed by atoms with Crippen molar-refractivity contribution in [3.05, 3.63) is 35.8 Å². The van der Waals surface area contributed by atoms with E-state index in [2.05, 4.69) is 14.8 Å². The number of hydrogen-bond acceptors (Lipinski definition) is 6. The van der Waals surface area contributed by atoms with E-state index in [-0.39, 0.29) is 5.82 Å². The molecule has 7 heteroatoms. The fourth-order valence-corrected chi connectivity index (χ4v) is 4.42. The first kappa shape index (κ1) is 20.0. The van der Waals surface area contributed by atoms with Crippen molar-refractivity contribution < 1.29 is 18.7 Å². The number of anilines is 1. The zero-order valence-electron chi connectivity index (χ0n) is 16.9. The van der Waals surface area contributed by atoms with Crippen molar-refractivity contribution in [2.75, 3.05) is 57.4 Å². The van der Waals surface area contributed by atoms with Crippen molar-refractivity contribution in [3.63, 3.8) is 0 Å². The molecule has 0 aliphatic carbocycles. The molecule has 0 bridgehead atoms. The summed E-state index contributed by atoms with van der Waals surface area (Å²) in [5, 5.41) is 0.669. The van der Waals surface area contributed by atoms with E-state index >= 15 is 0 Å². The van der Waals surface area contributed by atoms with Crippen LogP contribution in [0.2, 0.25) is 0 Å². The van der Waals surface area contributed by atoms with Gasteiger partial charge in [0, 0.05) is 44.3 Å². The number of aromatic nitrogens is 1. The van der Waals surface area contributed by atoms with E-state index in [4.69, 9.17) is 9.47 Å². The molecule has 1 aromatic carbocycles. The molecule has 2 saturated heterocycles. The van der Waals surface area contributed by atoms with Crippen molar-refractivity contribution in [2.24, 2.45) is 5.92 Å². The van der Waals surface area contributed by atoms with E-state index in [1.54, 1.807) is 19.2 Å². The van der Waals surface area contributed by atoms with Crippen LogP contribution in [0.4, 0.5) is 10.1 Å². The molecule has 3 heterocycles. The molecule has 156 valence electrons. The molecular weight excluding hydrogens is 373 g/mol. The van der Waals surface area contributed by atoms with Gasteiger partial charge in [0.2, 0.25) is 0 Å². The first-order valence-corrected chi connectivity index (χ1v) is 10.5. The average molecular weight is 401 g/mol. The van der Waals surface area contributed by atoms with Crippen LogP contribution in [0.15, 0.2) is 24.4 Å². The number of benzene rings is 1. The summed E-state index contributed by atoms with van der Waals surface area (Å²) in [6.45, 7) is 8.27. The van der Waals surface area contributed by atoms with Gasteiger partial charge < -0.3 is 14.4 Å².